The van der Waals surface area contributed by atoms with Crippen LogP contribution in [0.4, 0.5) is 0 Å². The Bertz CT molecular complexity index is 553. The van der Waals surface area contributed by atoms with Gasteiger partial charge in [0, 0.05) is 6.42 Å². The maximum atomic E-state index is 11.8. The molecule has 0 spiro atoms. The zero-order chi connectivity index (χ0) is 14.4. The predicted octanol–water partition coefficient (Wildman–Crippen LogP) is 4.10. The highest BCUT2D eigenvalue weighted by Crippen LogP contribution is 2.14. The van der Waals surface area contributed by atoms with E-state index in [9.17, 15) is 4.79 Å². The van der Waals surface area contributed by atoms with Crippen LogP contribution >= 0.6 is 0 Å². The van der Waals surface area contributed by atoms with Crippen molar-refractivity contribution in [2.24, 2.45) is 0 Å². The summed E-state index contributed by atoms with van der Waals surface area (Å²) in [5.74, 6) is 0.436. The summed E-state index contributed by atoms with van der Waals surface area (Å²) in [6.45, 7) is 4.15. The van der Waals surface area contributed by atoms with Gasteiger partial charge in [0.15, 0.2) is 0 Å². The Morgan fingerprint density at radius 3 is 2.15 bits per heavy atom. The first-order valence-corrected chi connectivity index (χ1v) is 7.02. The summed E-state index contributed by atoms with van der Waals surface area (Å²) in [5, 5.41) is 0. The number of benzene rings is 2. The van der Waals surface area contributed by atoms with Crippen molar-refractivity contribution < 1.29 is 9.53 Å². The van der Waals surface area contributed by atoms with Crippen molar-refractivity contribution in [1.29, 1.82) is 0 Å². The molecule has 0 bridgehead atoms. The van der Waals surface area contributed by atoms with Crippen LogP contribution in [0.1, 0.15) is 30.0 Å². The van der Waals surface area contributed by atoms with Crippen LogP contribution in [0, 0.1) is 6.92 Å². The quantitative estimate of drug-likeness (QED) is 0.603. The van der Waals surface area contributed by atoms with Gasteiger partial charge in [-0.15, -0.1) is 0 Å². The molecule has 2 heteroatoms. The molecule has 0 unspecified atom stereocenters. The minimum Gasteiger partial charge on any atom is -0.427 e. The third kappa shape index (κ3) is 4.23. The number of hydrogen-bond donors (Lipinski definition) is 0. The van der Waals surface area contributed by atoms with E-state index >= 15 is 0 Å². The maximum Gasteiger partial charge on any atom is 0.311 e. The number of carbonyl (C=O) groups excluding carboxylic acids is 1. The van der Waals surface area contributed by atoms with E-state index in [1.165, 1.54) is 11.1 Å². The Morgan fingerprint density at radius 1 is 0.950 bits per heavy atom. The molecule has 0 N–H and O–H groups in total. The molecular formula is C18H20O2. The second-order valence-corrected chi connectivity index (χ2v) is 4.96. The van der Waals surface area contributed by atoms with Gasteiger partial charge >= 0.3 is 5.97 Å². The Balaban J connectivity index is 1.84. The lowest BCUT2D eigenvalue weighted by Crippen LogP contribution is -2.09. The summed E-state index contributed by atoms with van der Waals surface area (Å²) in [6, 6.07) is 15.9. The summed E-state index contributed by atoms with van der Waals surface area (Å²) < 4.78 is 5.32. The van der Waals surface area contributed by atoms with Gasteiger partial charge in [0.25, 0.3) is 0 Å². The van der Waals surface area contributed by atoms with Crippen LogP contribution in [-0.4, -0.2) is 5.97 Å². The Morgan fingerprint density at radius 2 is 1.55 bits per heavy atom. The molecule has 0 radical (unpaired) electrons. The van der Waals surface area contributed by atoms with E-state index in [1.807, 2.05) is 24.3 Å². The number of esters is 1. The van der Waals surface area contributed by atoms with Gasteiger partial charge in [0.2, 0.25) is 0 Å². The van der Waals surface area contributed by atoms with Crippen LogP contribution in [0.5, 0.6) is 5.75 Å². The van der Waals surface area contributed by atoms with Gasteiger partial charge in [-0.1, -0.05) is 48.9 Å². The minimum absolute atomic E-state index is 0.185. The van der Waals surface area contributed by atoms with E-state index in [-0.39, 0.29) is 5.97 Å². The molecule has 0 saturated heterocycles. The molecule has 2 rings (SSSR count). The Hall–Kier alpha value is -2.09. The summed E-state index contributed by atoms with van der Waals surface area (Å²) >= 11 is 0. The zero-order valence-corrected chi connectivity index (χ0v) is 12.1. The fourth-order valence-electron chi connectivity index (χ4n) is 1.98. The highest BCUT2D eigenvalue weighted by Gasteiger charge is 2.05. The molecule has 104 valence electrons. The van der Waals surface area contributed by atoms with Crippen LogP contribution in [0.3, 0.4) is 0 Å². The van der Waals surface area contributed by atoms with Gasteiger partial charge < -0.3 is 4.74 Å². The van der Waals surface area contributed by atoms with Crippen molar-refractivity contribution in [1.82, 2.24) is 0 Å². The third-order valence-corrected chi connectivity index (χ3v) is 3.30. The topological polar surface area (TPSA) is 26.3 Å². The molecule has 0 atom stereocenters. The van der Waals surface area contributed by atoms with Crippen molar-refractivity contribution in [2.45, 2.75) is 33.1 Å². The van der Waals surface area contributed by atoms with Crippen LogP contribution in [-0.2, 0) is 17.6 Å². The van der Waals surface area contributed by atoms with Gasteiger partial charge in [-0.2, -0.15) is 0 Å². The van der Waals surface area contributed by atoms with E-state index in [2.05, 4.69) is 38.1 Å². The lowest BCUT2D eigenvalue weighted by atomic mass is 10.1. The smallest absolute Gasteiger partial charge is 0.311 e. The predicted molar refractivity (Wildman–Crippen MR) is 81.0 cm³/mol. The van der Waals surface area contributed by atoms with Crippen molar-refractivity contribution in [2.75, 3.05) is 0 Å². The van der Waals surface area contributed by atoms with E-state index in [4.69, 9.17) is 4.74 Å². The van der Waals surface area contributed by atoms with Crippen LogP contribution in [0.15, 0.2) is 48.5 Å². The first-order chi connectivity index (χ1) is 9.67. The van der Waals surface area contributed by atoms with Gasteiger partial charge in [-0.3, -0.25) is 4.79 Å². The molecule has 2 aromatic carbocycles. The number of aryl methyl sites for hydroxylation is 3. The average molecular weight is 268 g/mol. The number of rotatable bonds is 5. The molecule has 2 aromatic rings. The van der Waals surface area contributed by atoms with Crippen molar-refractivity contribution in [3.8, 4) is 5.75 Å². The molecule has 0 aliphatic heterocycles. The standard InChI is InChI=1S/C18H20O2/c1-3-15-8-11-17(12-9-15)20-18(19)13-10-16-6-4-14(2)5-7-16/h4-9,11-12H,3,10,13H2,1-2H3. The van der Waals surface area contributed by atoms with E-state index in [0.717, 1.165) is 12.0 Å². The molecule has 0 amide bonds. The molecule has 0 aromatic heterocycles. The minimum atomic E-state index is -0.185. The highest BCUT2D eigenvalue weighted by atomic mass is 16.5. The fraction of sp³-hybridized carbons (Fsp3) is 0.278. The summed E-state index contributed by atoms with van der Waals surface area (Å²) in [7, 11) is 0. The number of carbonyl (C=O) groups is 1. The first kappa shape index (κ1) is 14.3. The van der Waals surface area contributed by atoms with Gasteiger partial charge in [-0.05, 0) is 43.0 Å². The first-order valence-electron chi connectivity index (χ1n) is 7.02. The van der Waals surface area contributed by atoms with Gasteiger partial charge in [0.05, 0.1) is 0 Å². The van der Waals surface area contributed by atoms with Crippen LogP contribution < -0.4 is 4.74 Å². The molecule has 20 heavy (non-hydrogen) atoms. The summed E-state index contributed by atoms with van der Waals surface area (Å²) in [5.41, 5.74) is 3.63. The largest absolute Gasteiger partial charge is 0.427 e. The Labute approximate surface area is 120 Å². The zero-order valence-electron chi connectivity index (χ0n) is 12.1. The maximum absolute atomic E-state index is 11.8. The molecule has 0 heterocycles. The third-order valence-electron chi connectivity index (χ3n) is 3.30. The van der Waals surface area contributed by atoms with Crippen molar-refractivity contribution >= 4 is 5.97 Å². The molecule has 2 nitrogen and oxygen atoms in total. The van der Waals surface area contributed by atoms with E-state index < -0.39 is 0 Å². The van der Waals surface area contributed by atoms with Crippen molar-refractivity contribution in [3.05, 3.63) is 65.2 Å². The summed E-state index contributed by atoms with van der Waals surface area (Å²) in [4.78, 5) is 11.8. The second-order valence-electron chi connectivity index (χ2n) is 4.96. The number of ether oxygens (including phenoxy) is 1. The van der Waals surface area contributed by atoms with Gasteiger partial charge in [-0.25, -0.2) is 0 Å². The molecule has 0 fully saturated rings. The lowest BCUT2D eigenvalue weighted by Gasteiger charge is -2.05. The Kier molecular flexibility index (Phi) is 4.94. The van der Waals surface area contributed by atoms with E-state index in [1.54, 1.807) is 0 Å². The van der Waals surface area contributed by atoms with Crippen LogP contribution in [0.2, 0.25) is 0 Å². The lowest BCUT2D eigenvalue weighted by molar-refractivity contribution is -0.134. The SMILES string of the molecule is CCc1ccc(OC(=O)CCc2ccc(C)cc2)cc1. The normalized spacial score (nSPS) is 10.3. The fourth-order valence-corrected chi connectivity index (χ4v) is 1.98. The highest BCUT2D eigenvalue weighted by molar-refractivity contribution is 5.72. The molecule has 0 saturated carbocycles. The molecule has 0 aliphatic carbocycles. The van der Waals surface area contributed by atoms with Crippen molar-refractivity contribution in [3.63, 3.8) is 0 Å². The monoisotopic (exact) mass is 268 g/mol. The van der Waals surface area contributed by atoms with E-state index in [0.29, 0.717) is 18.6 Å². The molecular weight excluding hydrogens is 248 g/mol. The second kappa shape index (κ2) is 6.90. The van der Waals surface area contributed by atoms with Gasteiger partial charge in [0.1, 0.15) is 5.75 Å². The van der Waals surface area contributed by atoms with Crippen LogP contribution in [0.25, 0.3) is 0 Å². The molecule has 0 aliphatic rings. The summed E-state index contributed by atoms with van der Waals surface area (Å²) in [6.07, 6.45) is 2.10. The average Bonchev–Trinajstić information content (AvgIpc) is 2.47. The number of hydrogen-bond acceptors (Lipinski definition) is 2.